The molecule has 0 unspecified atom stereocenters. The van der Waals surface area contributed by atoms with Gasteiger partial charge in [-0.1, -0.05) is 46.7 Å². The van der Waals surface area contributed by atoms with Crippen LogP contribution in [0.15, 0.2) is 169 Å². The van der Waals surface area contributed by atoms with Gasteiger partial charge in [-0.05, 0) is 116 Å². The SMILES string of the molecule is C/C(=N\NC(=O)c1ccncc1)c1ccc(NC(=O)c2ccc(Cl)cc2)cc1.C=C.C=C=C=C=C=C.C=C=C=C=C=C=C. The van der Waals surface area contributed by atoms with E-state index in [-0.39, 0.29) is 11.8 Å². The van der Waals surface area contributed by atoms with Crippen LogP contribution in [-0.2, 0) is 0 Å². The molecule has 2 amide bonds. The number of anilines is 1. The molecule has 0 saturated carbocycles. The van der Waals surface area contributed by atoms with Gasteiger partial charge in [0.15, 0.2) is 0 Å². The van der Waals surface area contributed by atoms with Crippen LogP contribution in [0, 0.1) is 0 Å². The van der Waals surface area contributed by atoms with Crippen LogP contribution in [0.2, 0.25) is 5.02 Å². The lowest BCUT2D eigenvalue weighted by molar-refractivity contribution is 0.0953. The van der Waals surface area contributed by atoms with Crippen molar-refractivity contribution in [2.24, 2.45) is 5.10 Å². The molecule has 0 atom stereocenters. The molecule has 7 heteroatoms. The van der Waals surface area contributed by atoms with Crippen LogP contribution < -0.4 is 10.7 Å². The van der Waals surface area contributed by atoms with Crippen molar-refractivity contribution in [3.63, 3.8) is 0 Å². The second-order valence-corrected chi connectivity index (χ2v) is 7.68. The van der Waals surface area contributed by atoms with Crippen LogP contribution in [-0.4, -0.2) is 22.5 Å². The Kier molecular flexibility index (Phi) is 20.2. The van der Waals surface area contributed by atoms with Gasteiger partial charge in [0.1, 0.15) is 0 Å². The van der Waals surface area contributed by atoms with Crippen molar-refractivity contribution in [2.75, 3.05) is 5.32 Å². The Morgan fingerprint density at radius 2 is 1.12 bits per heavy atom. The van der Waals surface area contributed by atoms with Gasteiger partial charge >= 0.3 is 0 Å². The molecule has 6 nitrogen and oxygen atoms in total. The van der Waals surface area contributed by atoms with Gasteiger partial charge in [-0.15, -0.1) is 13.2 Å². The average Bonchev–Trinajstić information content (AvgIpc) is 3.05. The molecule has 0 aliphatic rings. The number of rotatable bonds is 5. The maximum Gasteiger partial charge on any atom is 0.271 e. The van der Waals surface area contributed by atoms with Crippen LogP contribution in [0.5, 0.6) is 0 Å². The number of carbonyl (C=O) groups excluding carboxylic acids is 2. The van der Waals surface area contributed by atoms with Crippen LogP contribution in [0.3, 0.4) is 0 Å². The Hall–Kier alpha value is -6.27. The largest absolute Gasteiger partial charge is 0.322 e. The highest BCUT2D eigenvalue weighted by Crippen LogP contribution is 2.14. The molecular formula is C36H29ClN4O2. The maximum atomic E-state index is 12.2. The molecule has 0 aliphatic carbocycles. The van der Waals surface area contributed by atoms with Gasteiger partial charge in [0, 0.05) is 34.2 Å². The monoisotopic (exact) mass is 584 g/mol. The third-order valence-corrected chi connectivity index (χ3v) is 4.73. The van der Waals surface area contributed by atoms with Crippen molar-refractivity contribution >= 4 is 34.8 Å². The summed E-state index contributed by atoms with van der Waals surface area (Å²) in [6.07, 6.45) is 3.09. The zero-order valence-corrected chi connectivity index (χ0v) is 24.5. The van der Waals surface area contributed by atoms with Gasteiger partial charge in [0.05, 0.1) is 5.71 Å². The number of pyridine rings is 1. The van der Waals surface area contributed by atoms with E-state index in [1.807, 2.05) is 12.1 Å². The molecule has 1 heterocycles. The highest BCUT2D eigenvalue weighted by molar-refractivity contribution is 6.30. The highest BCUT2D eigenvalue weighted by Gasteiger charge is 2.07. The lowest BCUT2D eigenvalue weighted by atomic mass is 10.1. The molecule has 0 bridgehead atoms. The molecule has 212 valence electrons. The van der Waals surface area contributed by atoms with Crippen molar-refractivity contribution in [1.29, 1.82) is 0 Å². The zero-order valence-electron chi connectivity index (χ0n) is 23.8. The summed E-state index contributed by atoms with van der Waals surface area (Å²) in [7, 11) is 0. The summed E-state index contributed by atoms with van der Waals surface area (Å²) in [5.74, 6) is -0.534. The standard InChI is InChI=1S/C21H17ClN4O2.C7H4.C6H4.C2H4/c1-14(25-26-21(28)17-10-12-23-13-11-17)15-4-8-19(9-5-15)24-20(27)16-2-6-18(22)7-3-16;1-3-5-7-6-4-2;1-3-5-6-4-2;1-2/h2-13H,1H3,(H,24,27)(H,26,28);1-2H2;1-2H2;1-2H2/b25-14+;;;. The van der Waals surface area contributed by atoms with Gasteiger partial charge in [-0.25, -0.2) is 5.43 Å². The van der Waals surface area contributed by atoms with E-state index in [2.05, 4.69) is 112 Å². The van der Waals surface area contributed by atoms with Gasteiger partial charge in [-0.2, -0.15) is 5.10 Å². The second-order valence-electron chi connectivity index (χ2n) is 7.24. The van der Waals surface area contributed by atoms with E-state index in [4.69, 9.17) is 11.6 Å². The zero-order chi connectivity index (χ0) is 32.3. The van der Waals surface area contributed by atoms with E-state index in [1.165, 1.54) is 0 Å². The smallest absolute Gasteiger partial charge is 0.271 e. The Morgan fingerprint density at radius 1 is 0.674 bits per heavy atom. The Labute approximate surface area is 257 Å². The first kappa shape index (κ1) is 36.7. The van der Waals surface area contributed by atoms with Gasteiger partial charge < -0.3 is 5.32 Å². The third kappa shape index (κ3) is 16.4. The molecule has 2 aromatic carbocycles. The number of hydrogen-bond donors (Lipinski definition) is 2. The second kappa shape index (κ2) is 23.6. The number of aromatic nitrogens is 1. The topological polar surface area (TPSA) is 83.4 Å². The minimum Gasteiger partial charge on any atom is -0.322 e. The molecule has 0 fully saturated rings. The molecule has 1 aromatic heterocycles. The Balaban J connectivity index is 0.000000977. The van der Waals surface area contributed by atoms with E-state index >= 15 is 0 Å². The highest BCUT2D eigenvalue weighted by atomic mass is 35.5. The molecule has 0 spiro atoms. The fourth-order valence-electron chi connectivity index (χ4n) is 2.57. The average molecular weight is 585 g/mol. The van der Waals surface area contributed by atoms with Crippen molar-refractivity contribution in [1.82, 2.24) is 10.4 Å². The van der Waals surface area contributed by atoms with E-state index < -0.39 is 0 Å². The van der Waals surface area contributed by atoms with Crippen LogP contribution in [0.1, 0.15) is 33.2 Å². The molecule has 0 radical (unpaired) electrons. The van der Waals surface area contributed by atoms with Crippen LogP contribution in [0.4, 0.5) is 5.69 Å². The molecule has 3 aromatic rings. The summed E-state index contributed by atoms with van der Waals surface area (Å²) in [6.45, 7) is 20.7. The summed E-state index contributed by atoms with van der Waals surface area (Å²) >= 11 is 5.83. The Bertz CT molecular complexity index is 1680. The van der Waals surface area contributed by atoms with E-state index in [1.54, 1.807) is 67.8 Å². The normalized spacial score (nSPS) is 8.28. The third-order valence-electron chi connectivity index (χ3n) is 4.48. The van der Waals surface area contributed by atoms with Crippen molar-refractivity contribution in [2.45, 2.75) is 6.92 Å². The fourth-order valence-corrected chi connectivity index (χ4v) is 2.70. The number of benzene rings is 2. The molecular weight excluding hydrogens is 556 g/mol. The summed E-state index contributed by atoms with van der Waals surface area (Å²) in [6, 6.07) is 17.0. The summed E-state index contributed by atoms with van der Waals surface area (Å²) in [5.41, 5.74) is 27.2. The quantitative estimate of drug-likeness (QED) is 0.138. The van der Waals surface area contributed by atoms with Crippen LogP contribution >= 0.6 is 11.6 Å². The molecule has 0 aliphatic heterocycles. The minimum absolute atomic E-state index is 0.223. The Morgan fingerprint density at radius 3 is 1.60 bits per heavy atom. The predicted octanol–water partition coefficient (Wildman–Crippen LogP) is 7.94. The fraction of sp³-hybridized carbons (Fsp3) is 0.0278. The first-order valence-electron chi connectivity index (χ1n) is 12.1. The summed E-state index contributed by atoms with van der Waals surface area (Å²) in [4.78, 5) is 28.1. The summed E-state index contributed by atoms with van der Waals surface area (Å²) in [5, 5.41) is 7.51. The maximum absolute atomic E-state index is 12.2. The van der Waals surface area contributed by atoms with Gasteiger partial charge in [0.25, 0.3) is 11.8 Å². The summed E-state index contributed by atoms with van der Waals surface area (Å²) < 4.78 is 0. The molecule has 0 saturated heterocycles. The number of halogens is 1. The van der Waals surface area contributed by atoms with Gasteiger partial charge in [-0.3, -0.25) is 14.6 Å². The lowest BCUT2D eigenvalue weighted by Gasteiger charge is -2.07. The first-order chi connectivity index (χ1) is 20.9. The molecule has 43 heavy (non-hydrogen) atoms. The predicted molar refractivity (Wildman–Crippen MR) is 175 cm³/mol. The van der Waals surface area contributed by atoms with Crippen LogP contribution in [0.25, 0.3) is 0 Å². The minimum atomic E-state index is -0.311. The lowest BCUT2D eigenvalue weighted by Crippen LogP contribution is -2.19. The van der Waals surface area contributed by atoms with E-state index in [0.717, 1.165) is 5.56 Å². The van der Waals surface area contributed by atoms with E-state index in [0.29, 0.717) is 27.5 Å². The number of nitrogens with zero attached hydrogens (tertiary/aromatic N) is 2. The number of amides is 2. The molecule has 2 N–H and O–H groups in total. The van der Waals surface area contributed by atoms with Crippen molar-refractivity contribution < 1.29 is 9.59 Å². The molecule has 3 rings (SSSR count). The number of hydrogen-bond acceptors (Lipinski definition) is 4. The number of nitrogens with one attached hydrogen (secondary N) is 2. The number of carbonyl (C=O) groups is 2. The van der Waals surface area contributed by atoms with Crippen molar-refractivity contribution in [3.05, 3.63) is 186 Å². The van der Waals surface area contributed by atoms with E-state index in [9.17, 15) is 9.59 Å². The van der Waals surface area contributed by atoms with Crippen molar-refractivity contribution in [3.8, 4) is 0 Å². The first-order valence-corrected chi connectivity index (χ1v) is 12.5. The number of hydrazone groups is 1. The van der Waals surface area contributed by atoms with Gasteiger partial charge in [0.2, 0.25) is 0 Å².